The lowest BCUT2D eigenvalue weighted by Crippen LogP contribution is -1.98. The molecule has 3 rings (SSSR count). The second kappa shape index (κ2) is 4.18. The first kappa shape index (κ1) is 10.3. The van der Waals surface area contributed by atoms with Crippen LogP contribution in [0.5, 0.6) is 0 Å². The highest BCUT2D eigenvalue weighted by Crippen LogP contribution is 2.18. The fourth-order valence-corrected chi connectivity index (χ4v) is 2.18. The van der Waals surface area contributed by atoms with Crippen molar-refractivity contribution in [3.05, 3.63) is 65.0 Å². The molecule has 84 valence electrons. The average molecular weight is 241 g/mol. The quantitative estimate of drug-likeness (QED) is 0.631. The molecule has 0 N–H and O–H groups in total. The van der Waals surface area contributed by atoms with E-state index in [0.29, 0.717) is 4.84 Å². The van der Waals surface area contributed by atoms with Crippen LogP contribution in [-0.4, -0.2) is 4.57 Å². The first-order valence-electron chi connectivity index (χ1n) is 5.47. The Morgan fingerprint density at radius 1 is 0.941 bits per heavy atom. The third-order valence-electron chi connectivity index (χ3n) is 2.76. The third kappa shape index (κ3) is 1.89. The van der Waals surface area contributed by atoms with Gasteiger partial charge in [-0.15, -0.1) is 0 Å². The van der Waals surface area contributed by atoms with E-state index in [0.717, 1.165) is 17.6 Å². The van der Waals surface area contributed by atoms with Crippen LogP contribution >= 0.6 is 12.2 Å². The molecule has 0 aliphatic rings. The molecular weight excluding hydrogens is 230 g/mol. The Hall–Kier alpha value is -1.87. The normalized spacial score (nSPS) is 10.8. The lowest BCUT2D eigenvalue weighted by atomic mass is 10.2. The Kier molecular flexibility index (Phi) is 2.53. The summed E-state index contributed by atoms with van der Waals surface area (Å²) in [7, 11) is 0. The molecule has 0 saturated heterocycles. The molecule has 0 fully saturated rings. The number of nitrogens with zero attached hydrogens (tertiary/aromatic N) is 1. The minimum Gasteiger partial charge on any atom is -0.429 e. The van der Waals surface area contributed by atoms with Crippen molar-refractivity contribution in [2.75, 3.05) is 0 Å². The van der Waals surface area contributed by atoms with Crippen molar-refractivity contribution in [2.24, 2.45) is 0 Å². The predicted octanol–water partition coefficient (Wildman–Crippen LogP) is 4.01. The molecule has 1 aromatic heterocycles. The molecule has 0 radical (unpaired) electrons. The zero-order valence-corrected chi connectivity index (χ0v) is 9.98. The summed E-state index contributed by atoms with van der Waals surface area (Å²) in [4.78, 5) is 0.523. The van der Waals surface area contributed by atoms with E-state index in [2.05, 4.69) is 12.1 Å². The molecule has 3 aromatic rings. The van der Waals surface area contributed by atoms with Crippen molar-refractivity contribution in [2.45, 2.75) is 6.54 Å². The van der Waals surface area contributed by atoms with Crippen LogP contribution in [-0.2, 0) is 6.54 Å². The number of rotatable bonds is 2. The van der Waals surface area contributed by atoms with Gasteiger partial charge in [0.2, 0.25) is 0 Å². The van der Waals surface area contributed by atoms with Gasteiger partial charge in [-0.1, -0.05) is 42.5 Å². The zero-order valence-electron chi connectivity index (χ0n) is 9.17. The Labute approximate surface area is 104 Å². The molecule has 0 amide bonds. The lowest BCUT2D eigenvalue weighted by Gasteiger charge is -2.02. The second-order valence-electron chi connectivity index (χ2n) is 3.91. The molecule has 2 nitrogen and oxygen atoms in total. The van der Waals surface area contributed by atoms with Crippen LogP contribution in [0.15, 0.2) is 59.0 Å². The van der Waals surface area contributed by atoms with Crippen molar-refractivity contribution in [1.29, 1.82) is 0 Å². The minimum absolute atomic E-state index is 0.523. The van der Waals surface area contributed by atoms with Crippen molar-refractivity contribution >= 4 is 23.3 Å². The number of hydrogen-bond acceptors (Lipinski definition) is 2. The molecule has 2 aromatic carbocycles. The van der Waals surface area contributed by atoms with Crippen molar-refractivity contribution < 1.29 is 4.42 Å². The SMILES string of the molecule is S=c1oc2ccccc2n1Cc1ccccc1. The first-order chi connectivity index (χ1) is 8.34. The van der Waals surface area contributed by atoms with Crippen LogP contribution in [0.25, 0.3) is 11.1 Å². The fourth-order valence-electron chi connectivity index (χ4n) is 1.93. The van der Waals surface area contributed by atoms with Crippen LogP contribution in [0.3, 0.4) is 0 Å². The highest BCUT2D eigenvalue weighted by atomic mass is 32.1. The minimum atomic E-state index is 0.523. The Balaban J connectivity index is 2.12. The van der Waals surface area contributed by atoms with E-state index in [1.807, 2.05) is 47.0 Å². The highest BCUT2D eigenvalue weighted by molar-refractivity contribution is 7.71. The van der Waals surface area contributed by atoms with Crippen LogP contribution in [0.1, 0.15) is 5.56 Å². The number of benzene rings is 2. The second-order valence-corrected chi connectivity index (χ2v) is 4.26. The highest BCUT2D eigenvalue weighted by Gasteiger charge is 2.05. The van der Waals surface area contributed by atoms with Crippen LogP contribution in [0.4, 0.5) is 0 Å². The molecule has 0 bridgehead atoms. The van der Waals surface area contributed by atoms with Gasteiger partial charge in [0, 0.05) is 0 Å². The van der Waals surface area contributed by atoms with Crippen molar-refractivity contribution in [3.8, 4) is 0 Å². The lowest BCUT2D eigenvalue weighted by molar-refractivity contribution is 0.548. The Morgan fingerprint density at radius 3 is 2.47 bits per heavy atom. The molecule has 0 unspecified atom stereocenters. The fraction of sp³-hybridized carbons (Fsp3) is 0.0714. The van der Waals surface area contributed by atoms with E-state index >= 15 is 0 Å². The van der Waals surface area contributed by atoms with E-state index in [-0.39, 0.29) is 0 Å². The molecule has 0 aliphatic heterocycles. The Morgan fingerprint density at radius 2 is 1.65 bits per heavy atom. The third-order valence-corrected chi connectivity index (χ3v) is 3.06. The number of fused-ring (bicyclic) bond motifs is 1. The van der Waals surface area contributed by atoms with Crippen LogP contribution < -0.4 is 0 Å². The van der Waals surface area contributed by atoms with Gasteiger partial charge in [-0.25, -0.2) is 0 Å². The number of aromatic nitrogens is 1. The molecule has 0 saturated carbocycles. The molecule has 3 heteroatoms. The van der Waals surface area contributed by atoms with E-state index in [1.54, 1.807) is 0 Å². The topological polar surface area (TPSA) is 18.1 Å². The summed E-state index contributed by atoms with van der Waals surface area (Å²) < 4.78 is 7.56. The van der Waals surface area contributed by atoms with Gasteiger partial charge < -0.3 is 4.42 Å². The van der Waals surface area contributed by atoms with Crippen LogP contribution in [0.2, 0.25) is 0 Å². The van der Waals surface area contributed by atoms with Crippen LogP contribution in [0, 0.1) is 4.84 Å². The van der Waals surface area contributed by atoms with E-state index in [9.17, 15) is 0 Å². The Bertz CT molecular complexity index is 697. The molecule has 17 heavy (non-hydrogen) atoms. The summed E-state index contributed by atoms with van der Waals surface area (Å²) in [5.41, 5.74) is 3.10. The summed E-state index contributed by atoms with van der Waals surface area (Å²) >= 11 is 5.25. The zero-order chi connectivity index (χ0) is 11.7. The van der Waals surface area contributed by atoms with Gasteiger partial charge in [-0.2, -0.15) is 0 Å². The van der Waals surface area contributed by atoms with Gasteiger partial charge in [0.1, 0.15) is 0 Å². The summed E-state index contributed by atoms with van der Waals surface area (Å²) in [5.74, 6) is 0. The van der Waals surface area contributed by atoms with E-state index in [1.165, 1.54) is 5.56 Å². The maximum Gasteiger partial charge on any atom is 0.269 e. The average Bonchev–Trinajstić information content (AvgIpc) is 2.68. The van der Waals surface area contributed by atoms with Gasteiger partial charge in [-0.3, -0.25) is 4.57 Å². The maximum absolute atomic E-state index is 5.55. The molecule has 1 heterocycles. The predicted molar refractivity (Wildman–Crippen MR) is 70.6 cm³/mol. The molecular formula is C14H11NOS. The first-order valence-corrected chi connectivity index (χ1v) is 5.88. The smallest absolute Gasteiger partial charge is 0.269 e. The molecule has 0 atom stereocenters. The molecule has 0 aliphatic carbocycles. The van der Waals surface area contributed by atoms with Crippen molar-refractivity contribution in [1.82, 2.24) is 4.57 Å². The molecule has 0 spiro atoms. The maximum atomic E-state index is 5.55. The monoisotopic (exact) mass is 241 g/mol. The largest absolute Gasteiger partial charge is 0.429 e. The van der Waals surface area contributed by atoms with Gasteiger partial charge in [-0.05, 0) is 29.9 Å². The number of oxazole rings is 1. The van der Waals surface area contributed by atoms with Gasteiger partial charge in [0.05, 0.1) is 12.1 Å². The number of hydrogen-bond donors (Lipinski definition) is 0. The van der Waals surface area contributed by atoms with Gasteiger partial charge in [0.15, 0.2) is 5.58 Å². The van der Waals surface area contributed by atoms with E-state index < -0.39 is 0 Å². The van der Waals surface area contributed by atoms with Gasteiger partial charge >= 0.3 is 0 Å². The van der Waals surface area contributed by atoms with E-state index in [4.69, 9.17) is 16.6 Å². The summed E-state index contributed by atoms with van der Waals surface area (Å²) in [6, 6.07) is 18.2. The van der Waals surface area contributed by atoms with Gasteiger partial charge in [0.25, 0.3) is 4.84 Å². The standard InChI is InChI=1S/C14H11NOS/c17-14-15(10-11-6-2-1-3-7-11)12-8-4-5-9-13(12)16-14/h1-9H,10H2. The van der Waals surface area contributed by atoms with Crippen molar-refractivity contribution in [3.63, 3.8) is 0 Å². The number of para-hydroxylation sites is 2. The summed E-state index contributed by atoms with van der Waals surface area (Å²) in [6.07, 6.45) is 0. The summed E-state index contributed by atoms with van der Waals surface area (Å²) in [6.45, 7) is 0.747. The summed E-state index contributed by atoms with van der Waals surface area (Å²) in [5, 5.41) is 0.